The molecular formula is C25H22N2O3. The maximum absolute atomic E-state index is 13.5. The third-order valence-corrected chi connectivity index (χ3v) is 5.41. The van der Waals surface area contributed by atoms with Crippen molar-refractivity contribution < 1.29 is 14.4 Å². The van der Waals surface area contributed by atoms with E-state index in [2.05, 4.69) is 0 Å². The fraction of sp³-hybridized carbons (Fsp3) is 0.160. The van der Waals surface area contributed by atoms with E-state index in [1.54, 1.807) is 31.2 Å². The number of hydrogen-bond acceptors (Lipinski definition) is 3. The number of carbonyl (C=O) groups is 3. The molecule has 0 bridgehead atoms. The van der Waals surface area contributed by atoms with Crippen molar-refractivity contribution in [3.8, 4) is 0 Å². The standard InChI is InChI=1S/C25H22N2O3/c1-25(17-19-11-5-2-6-12-19)22(28)26(18-20-13-7-3-8-14-20)24(30)27(23(25)29)21-15-9-4-10-16-21/h2-16H,17-18H2,1H3. The Balaban J connectivity index is 1.78. The molecule has 1 fully saturated rings. The Labute approximate surface area is 175 Å². The number of urea groups is 1. The highest BCUT2D eigenvalue weighted by molar-refractivity contribution is 6.29. The Morgan fingerprint density at radius 1 is 0.667 bits per heavy atom. The molecule has 1 atom stereocenters. The minimum absolute atomic E-state index is 0.111. The van der Waals surface area contributed by atoms with Crippen LogP contribution in [0.3, 0.4) is 0 Å². The Kier molecular flexibility index (Phi) is 5.19. The van der Waals surface area contributed by atoms with Crippen molar-refractivity contribution in [1.29, 1.82) is 0 Å². The zero-order valence-electron chi connectivity index (χ0n) is 16.7. The minimum atomic E-state index is -1.39. The van der Waals surface area contributed by atoms with Crippen molar-refractivity contribution >= 4 is 23.5 Å². The van der Waals surface area contributed by atoms with Gasteiger partial charge in [0.05, 0.1) is 12.2 Å². The summed E-state index contributed by atoms with van der Waals surface area (Å²) in [7, 11) is 0. The number of carbonyl (C=O) groups excluding carboxylic acids is 3. The highest BCUT2D eigenvalue weighted by Gasteiger charge is 2.54. The topological polar surface area (TPSA) is 57.7 Å². The quantitative estimate of drug-likeness (QED) is 0.598. The molecule has 0 aliphatic carbocycles. The van der Waals surface area contributed by atoms with Crippen LogP contribution in [0, 0.1) is 5.41 Å². The number of benzene rings is 3. The van der Waals surface area contributed by atoms with Gasteiger partial charge < -0.3 is 0 Å². The molecule has 0 spiro atoms. The van der Waals surface area contributed by atoms with Crippen LogP contribution in [0.25, 0.3) is 0 Å². The lowest BCUT2D eigenvalue weighted by Gasteiger charge is -2.42. The first-order valence-electron chi connectivity index (χ1n) is 9.84. The molecule has 4 amide bonds. The molecule has 1 saturated heterocycles. The van der Waals surface area contributed by atoms with E-state index in [1.807, 2.05) is 66.7 Å². The molecule has 0 aromatic heterocycles. The molecule has 3 aromatic rings. The molecule has 1 aliphatic rings. The lowest BCUT2D eigenvalue weighted by molar-refractivity contribution is -0.148. The largest absolute Gasteiger partial charge is 0.338 e. The van der Waals surface area contributed by atoms with Gasteiger partial charge in [0, 0.05) is 0 Å². The van der Waals surface area contributed by atoms with Gasteiger partial charge in [-0.2, -0.15) is 0 Å². The summed E-state index contributed by atoms with van der Waals surface area (Å²) in [4.78, 5) is 42.7. The number of rotatable bonds is 5. The average Bonchev–Trinajstić information content (AvgIpc) is 2.78. The van der Waals surface area contributed by atoms with Crippen molar-refractivity contribution in [2.45, 2.75) is 19.9 Å². The van der Waals surface area contributed by atoms with Crippen molar-refractivity contribution in [1.82, 2.24) is 4.90 Å². The SMILES string of the molecule is CC1(Cc2ccccc2)C(=O)N(Cc2ccccc2)C(=O)N(c2ccccc2)C1=O. The Hall–Kier alpha value is -3.73. The van der Waals surface area contributed by atoms with Crippen LogP contribution in [0.2, 0.25) is 0 Å². The predicted molar refractivity (Wildman–Crippen MR) is 115 cm³/mol. The Morgan fingerprint density at radius 2 is 1.17 bits per heavy atom. The number of amides is 4. The zero-order chi connectivity index (χ0) is 21.1. The lowest BCUT2D eigenvalue weighted by Crippen LogP contribution is -2.65. The van der Waals surface area contributed by atoms with Gasteiger partial charge in [-0.15, -0.1) is 0 Å². The van der Waals surface area contributed by atoms with E-state index in [0.717, 1.165) is 16.0 Å². The van der Waals surface area contributed by atoms with E-state index in [1.165, 1.54) is 4.90 Å². The summed E-state index contributed by atoms with van der Waals surface area (Å²) in [6.07, 6.45) is 0.216. The van der Waals surface area contributed by atoms with Crippen LogP contribution in [0.5, 0.6) is 0 Å². The molecule has 150 valence electrons. The van der Waals surface area contributed by atoms with Gasteiger partial charge in [-0.3, -0.25) is 14.5 Å². The molecule has 1 unspecified atom stereocenters. The van der Waals surface area contributed by atoms with Crippen molar-refractivity contribution in [3.63, 3.8) is 0 Å². The Bertz CT molecular complexity index is 1070. The molecule has 0 N–H and O–H groups in total. The molecule has 4 rings (SSSR count). The summed E-state index contributed by atoms with van der Waals surface area (Å²) >= 11 is 0. The van der Waals surface area contributed by atoms with Crippen LogP contribution >= 0.6 is 0 Å². The van der Waals surface area contributed by atoms with Gasteiger partial charge in [-0.05, 0) is 36.6 Å². The normalized spacial score (nSPS) is 19.3. The lowest BCUT2D eigenvalue weighted by atomic mass is 9.79. The van der Waals surface area contributed by atoms with Crippen molar-refractivity contribution in [2.75, 3.05) is 4.90 Å². The highest BCUT2D eigenvalue weighted by Crippen LogP contribution is 2.36. The van der Waals surface area contributed by atoms with Gasteiger partial charge >= 0.3 is 6.03 Å². The molecule has 5 nitrogen and oxygen atoms in total. The summed E-state index contributed by atoms with van der Waals surface area (Å²) < 4.78 is 0. The van der Waals surface area contributed by atoms with E-state index >= 15 is 0 Å². The van der Waals surface area contributed by atoms with E-state index in [4.69, 9.17) is 0 Å². The summed E-state index contributed by atoms with van der Waals surface area (Å²) in [6.45, 7) is 1.74. The average molecular weight is 398 g/mol. The van der Waals surface area contributed by atoms with Gasteiger partial charge in [0.1, 0.15) is 5.41 Å². The van der Waals surface area contributed by atoms with Crippen molar-refractivity contribution in [3.05, 3.63) is 102 Å². The Morgan fingerprint density at radius 3 is 1.73 bits per heavy atom. The molecule has 0 saturated carbocycles. The summed E-state index contributed by atoms with van der Waals surface area (Å²) in [5, 5.41) is 0. The molecule has 1 heterocycles. The molecule has 0 radical (unpaired) electrons. The van der Waals surface area contributed by atoms with Gasteiger partial charge in [-0.1, -0.05) is 78.9 Å². The first-order chi connectivity index (χ1) is 14.5. The van der Waals surface area contributed by atoms with Gasteiger partial charge in [0.15, 0.2) is 0 Å². The van der Waals surface area contributed by atoms with Gasteiger partial charge in [0.2, 0.25) is 5.91 Å². The second kappa shape index (κ2) is 7.95. The fourth-order valence-corrected chi connectivity index (χ4v) is 3.80. The maximum Gasteiger partial charge on any atom is 0.338 e. The van der Waals surface area contributed by atoms with Crippen LogP contribution in [-0.2, 0) is 22.6 Å². The third-order valence-electron chi connectivity index (χ3n) is 5.41. The monoisotopic (exact) mass is 398 g/mol. The number of barbiturate groups is 1. The molecular weight excluding hydrogens is 376 g/mol. The second-order valence-electron chi connectivity index (χ2n) is 7.63. The minimum Gasteiger partial charge on any atom is -0.273 e. The van der Waals surface area contributed by atoms with Gasteiger partial charge in [0.25, 0.3) is 5.91 Å². The van der Waals surface area contributed by atoms with E-state index in [0.29, 0.717) is 5.69 Å². The smallest absolute Gasteiger partial charge is 0.273 e. The van der Waals surface area contributed by atoms with Crippen LogP contribution < -0.4 is 4.90 Å². The van der Waals surface area contributed by atoms with E-state index in [9.17, 15) is 14.4 Å². The van der Waals surface area contributed by atoms with E-state index in [-0.39, 0.29) is 13.0 Å². The summed E-state index contributed by atoms with van der Waals surface area (Å²) in [5.41, 5.74) is 0.754. The number of nitrogens with zero attached hydrogens (tertiary/aromatic N) is 2. The van der Waals surface area contributed by atoms with Crippen LogP contribution in [-0.4, -0.2) is 22.7 Å². The molecule has 5 heteroatoms. The predicted octanol–water partition coefficient (Wildman–Crippen LogP) is 4.43. The second-order valence-corrected chi connectivity index (χ2v) is 7.63. The summed E-state index contributed by atoms with van der Waals surface area (Å²) in [5.74, 6) is -0.978. The van der Waals surface area contributed by atoms with Crippen LogP contribution in [0.15, 0.2) is 91.0 Å². The summed E-state index contributed by atoms with van der Waals surface area (Å²) in [6, 6.07) is 26.9. The number of para-hydroxylation sites is 1. The number of hydrogen-bond donors (Lipinski definition) is 0. The first kappa shape index (κ1) is 19.6. The fourth-order valence-electron chi connectivity index (χ4n) is 3.80. The molecule has 3 aromatic carbocycles. The van der Waals surface area contributed by atoms with Gasteiger partial charge in [-0.25, -0.2) is 9.69 Å². The highest BCUT2D eigenvalue weighted by atomic mass is 16.2. The first-order valence-corrected chi connectivity index (χ1v) is 9.84. The molecule has 1 aliphatic heterocycles. The van der Waals surface area contributed by atoms with Crippen LogP contribution in [0.1, 0.15) is 18.1 Å². The number of imide groups is 2. The van der Waals surface area contributed by atoms with Crippen LogP contribution in [0.4, 0.5) is 10.5 Å². The van der Waals surface area contributed by atoms with Crippen molar-refractivity contribution in [2.24, 2.45) is 5.41 Å². The molecule has 30 heavy (non-hydrogen) atoms. The number of anilines is 1. The van der Waals surface area contributed by atoms with E-state index < -0.39 is 23.3 Å². The maximum atomic E-state index is 13.5. The zero-order valence-corrected chi connectivity index (χ0v) is 16.7. The third kappa shape index (κ3) is 3.50.